The number of nitrogens with two attached hydrogens (primary N) is 1. The van der Waals surface area contributed by atoms with E-state index in [1.165, 1.54) is 0 Å². The maximum absolute atomic E-state index is 12.9. The molecule has 0 spiro atoms. The highest BCUT2D eigenvalue weighted by Gasteiger charge is 2.28. The summed E-state index contributed by atoms with van der Waals surface area (Å²) in [6.07, 6.45) is 4.96. The normalized spacial score (nSPS) is 18.1. The van der Waals surface area contributed by atoms with E-state index in [0.29, 0.717) is 6.54 Å². The minimum Gasteiger partial charge on any atom is -0.352 e. The lowest BCUT2D eigenvalue weighted by Gasteiger charge is -2.36. The molecular formula is C16H23N3O2S. The molecule has 0 radical (unpaired) electrons. The van der Waals surface area contributed by atoms with Crippen molar-refractivity contribution in [2.45, 2.75) is 37.1 Å². The Morgan fingerprint density at radius 1 is 1.41 bits per heavy atom. The van der Waals surface area contributed by atoms with Crippen LogP contribution in [0, 0.1) is 6.92 Å². The van der Waals surface area contributed by atoms with Gasteiger partial charge in [0, 0.05) is 29.6 Å². The lowest BCUT2D eigenvalue weighted by atomic mass is 9.99. The number of hydrogen-bond acceptors (Lipinski definition) is 3. The third-order valence-electron chi connectivity index (χ3n) is 4.08. The van der Waals surface area contributed by atoms with Crippen LogP contribution in [0.5, 0.6) is 0 Å². The van der Waals surface area contributed by atoms with Gasteiger partial charge in [-0.3, -0.25) is 4.79 Å². The van der Waals surface area contributed by atoms with Gasteiger partial charge in [-0.2, -0.15) is 0 Å². The molecule has 1 aromatic carbocycles. The highest BCUT2D eigenvalue weighted by molar-refractivity contribution is 7.98. The van der Waals surface area contributed by atoms with Gasteiger partial charge in [0.1, 0.15) is 0 Å². The number of likely N-dealkylation sites (tertiary alicyclic amines) is 1. The predicted octanol–water partition coefficient (Wildman–Crippen LogP) is 2.38. The Labute approximate surface area is 135 Å². The molecule has 3 N–H and O–H groups in total. The maximum atomic E-state index is 12.9. The molecule has 1 fully saturated rings. The smallest absolute Gasteiger partial charge is 0.312 e. The molecule has 120 valence electrons. The van der Waals surface area contributed by atoms with Crippen molar-refractivity contribution in [1.82, 2.24) is 10.2 Å². The molecule has 1 heterocycles. The van der Waals surface area contributed by atoms with E-state index in [4.69, 9.17) is 5.73 Å². The van der Waals surface area contributed by atoms with Crippen molar-refractivity contribution in [1.29, 1.82) is 0 Å². The second kappa shape index (κ2) is 7.54. The van der Waals surface area contributed by atoms with Crippen molar-refractivity contribution in [2.24, 2.45) is 5.73 Å². The number of primary amides is 1. The molecule has 0 aliphatic carbocycles. The van der Waals surface area contributed by atoms with Crippen LogP contribution in [0.3, 0.4) is 0 Å². The first kappa shape index (κ1) is 16.7. The van der Waals surface area contributed by atoms with E-state index in [1.807, 2.05) is 36.3 Å². The van der Waals surface area contributed by atoms with E-state index >= 15 is 0 Å². The van der Waals surface area contributed by atoms with Crippen LogP contribution >= 0.6 is 11.8 Å². The zero-order valence-corrected chi connectivity index (χ0v) is 13.9. The molecule has 3 amide bonds. The molecule has 6 heteroatoms. The SMILES string of the molecule is CSc1ccc(C)c(C(=O)N2CCCC[C@H]2CNC(N)=O)c1. The van der Waals surface area contributed by atoms with Gasteiger partial charge in [-0.1, -0.05) is 6.07 Å². The Kier molecular flexibility index (Phi) is 5.71. The monoisotopic (exact) mass is 321 g/mol. The average molecular weight is 321 g/mol. The molecule has 0 aromatic heterocycles. The van der Waals surface area contributed by atoms with E-state index in [9.17, 15) is 9.59 Å². The van der Waals surface area contributed by atoms with Crippen molar-refractivity contribution in [3.05, 3.63) is 29.3 Å². The van der Waals surface area contributed by atoms with E-state index in [-0.39, 0.29) is 11.9 Å². The summed E-state index contributed by atoms with van der Waals surface area (Å²) in [4.78, 5) is 26.8. The number of carbonyl (C=O) groups is 2. The number of benzene rings is 1. The van der Waals surface area contributed by atoms with Crippen molar-refractivity contribution < 1.29 is 9.59 Å². The van der Waals surface area contributed by atoms with Crippen molar-refractivity contribution >= 4 is 23.7 Å². The molecule has 1 aliphatic rings. The predicted molar refractivity (Wildman–Crippen MR) is 89.2 cm³/mol. The summed E-state index contributed by atoms with van der Waals surface area (Å²) in [6.45, 7) is 3.10. The number of urea groups is 1. The van der Waals surface area contributed by atoms with Crippen LogP contribution in [-0.2, 0) is 0 Å². The minimum atomic E-state index is -0.543. The fourth-order valence-electron chi connectivity index (χ4n) is 2.81. The van der Waals surface area contributed by atoms with Gasteiger partial charge < -0.3 is 16.0 Å². The molecule has 1 saturated heterocycles. The molecule has 1 aliphatic heterocycles. The molecule has 0 saturated carbocycles. The number of piperidine rings is 1. The number of nitrogens with zero attached hydrogens (tertiary/aromatic N) is 1. The van der Waals surface area contributed by atoms with Crippen LogP contribution in [0.1, 0.15) is 35.2 Å². The number of rotatable bonds is 4. The number of thioether (sulfide) groups is 1. The molecule has 5 nitrogen and oxygen atoms in total. The van der Waals surface area contributed by atoms with Crippen molar-refractivity contribution in [3.63, 3.8) is 0 Å². The zero-order valence-electron chi connectivity index (χ0n) is 13.1. The fraction of sp³-hybridized carbons (Fsp3) is 0.500. The summed E-state index contributed by atoms with van der Waals surface area (Å²) in [5.41, 5.74) is 6.88. The van der Waals surface area contributed by atoms with E-state index in [0.717, 1.165) is 41.8 Å². The van der Waals surface area contributed by atoms with Crippen LogP contribution in [0.15, 0.2) is 23.1 Å². The number of carbonyl (C=O) groups excluding carboxylic acids is 2. The highest BCUT2D eigenvalue weighted by Crippen LogP contribution is 2.24. The molecule has 2 rings (SSSR count). The minimum absolute atomic E-state index is 0.0195. The number of amides is 3. The molecule has 1 atom stereocenters. The van der Waals surface area contributed by atoms with Gasteiger partial charge >= 0.3 is 6.03 Å². The quantitative estimate of drug-likeness (QED) is 0.836. The first-order valence-electron chi connectivity index (χ1n) is 7.52. The van der Waals surface area contributed by atoms with E-state index in [2.05, 4.69) is 5.32 Å². The third kappa shape index (κ3) is 3.94. The summed E-state index contributed by atoms with van der Waals surface area (Å²) >= 11 is 1.63. The zero-order chi connectivity index (χ0) is 16.1. The average Bonchev–Trinajstić information content (AvgIpc) is 2.53. The first-order chi connectivity index (χ1) is 10.5. The van der Waals surface area contributed by atoms with Crippen molar-refractivity contribution in [3.8, 4) is 0 Å². The van der Waals surface area contributed by atoms with Gasteiger partial charge in [-0.25, -0.2) is 4.79 Å². The Morgan fingerprint density at radius 2 is 2.18 bits per heavy atom. The van der Waals surface area contributed by atoms with Crippen LogP contribution in [0.25, 0.3) is 0 Å². The van der Waals surface area contributed by atoms with Gasteiger partial charge in [0.2, 0.25) is 0 Å². The fourth-order valence-corrected chi connectivity index (χ4v) is 3.25. The maximum Gasteiger partial charge on any atom is 0.312 e. The van der Waals surface area contributed by atoms with Crippen LogP contribution < -0.4 is 11.1 Å². The summed E-state index contributed by atoms with van der Waals surface area (Å²) < 4.78 is 0. The molecule has 0 bridgehead atoms. The molecule has 0 unspecified atom stereocenters. The van der Waals surface area contributed by atoms with Gasteiger partial charge in [-0.15, -0.1) is 11.8 Å². The van der Waals surface area contributed by atoms with Crippen LogP contribution in [0.4, 0.5) is 4.79 Å². The summed E-state index contributed by atoms with van der Waals surface area (Å²) in [7, 11) is 0. The molecular weight excluding hydrogens is 298 g/mol. The third-order valence-corrected chi connectivity index (χ3v) is 4.80. The van der Waals surface area contributed by atoms with Crippen LogP contribution in [0.2, 0.25) is 0 Å². The van der Waals surface area contributed by atoms with E-state index in [1.54, 1.807) is 11.8 Å². The Hall–Kier alpha value is -1.69. The van der Waals surface area contributed by atoms with Gasteiger partial charge in [0.25, 0.3) is 5.91 Å². The summed E-state index contributed by atoms with van der Waals surface area (Å²) in [5.74, 6) is 0.0457. The summed E-state index contributed by atoms with van der Waals surface area (Å²) in [5, 5.41) is 2.63. The lowest BCUT2D eigenvalue weighted by Crippen LogP contribution is -2.50. The Morgan fingerprint density at radius 3 is 2.86 bits per heavy atom. The van der Waals surface area contributed by atoms with E-state index < -0.39 is 6.03 Å². The van der Waals surface area contributed by atoms with Gasteiger partial charge in [-0.05, 0) is 50.1 Å². The lowest BCUT2D eigenvalue weighted by molar-refractivity contribution is 0.0614. The van der Waals surface area contributed by atoms with Gasteiger partial charge in [0.15, 0.2) is 0 Å². The highest BCUT2D eigenvalue weighted by atomic mass is 32.2. The topological polar surface area (TPSA) is 75.4 Å². The number of nitrogens with one attached hydrogen (secondary N) is 1. The molecule has 1 aromatic rings. The second-order valence-corrected chi connectivity index (χ2v) is 6.45. The Bertz CT molecular complexity index is 562. The van der Waals surface area contributed by atoms with Crippen LogP contribution in [-0.4, -0.2) is 42.2 Å². The Balaban J connectivity index is 2.19. The van der Waals surface area contributed by atoms with Gasteiger partial charge in [0.05, 0.1) is 0 Å². The standard InChI is InChI=1S/C16H23N3O2S/c1-11-6-7-13(22-2)9-14(11)15(20)19-8-4-3-5-12(19)10-18-16(17)21/h6-7,9,12H,3-5,8,10H2,1-2H3,(H3,17,18,21)/t12-/m0/s1. The largest absolute Gasteiger partial charge is 0.352 e. The number of aryl methyl sites for hydroxylation is 1. The summed E-state index contributed by atoms with van der Waals surface area (Å²) in [6, 6.07) is 5.44. The first-order valence-corrected chi connectivity index (χ1v) is 8.74. The second-order valence-electron chi connectivity index (χ2n) is 5.57. The molecule has 22 heavy (non-hydrogen) atoms. The number of hydrogen-bond donors (Lipinski definition) is 2. The van der Waals surface area contributed by atoms with Crippen molar-refractivity contribution in [2.75, 3.05) is 19.3 Å².